The Morgan fingerprint density at radius 3 is 2.21 bits per heavy atom. The van der Waals surface area contributed by atoms with Gasteiger partial charge in [0.25, 0.3) is 0 Å². The van der Waals surface area contributed by atoms with Gasteiger partial charge in [-0.2, -0.15) is 0 Å². The molecule has 0 aromatic carbocycles. The summed E-state index contributed by atoms with van der Waals surface area (Å²) in [6.45, 7) is 9.67. The number of carbonyl (C=O) groups excluding carboxylic acids is 1. The molecule has 2 atom stereocenters. The molecule has 0 saturated heterocycles. The predicted octanol–water partition coefficient (Wildman–Crippen LogP) is 1.77. The van der Waals surface area contributed by atoms with Crippen LogP contribution in [0.25, 0.3) is 0 Å². The van der Waals surface area contributed by atoms with Gasteiger partial charge in [-0.3, -0.25) is 14.9 Å². The second-order valence-electron chi connectivity index (χ2n) is 5.78. The normalized spacial score (nSPS) is 15.9. The third-order valence-corrected chi connectivity index (χ3v) is 3.40. The largest absolute Gasteiger partial charge is 0.480 e. The molecule has 2 unspecified atom stereocenters. The van der Waals surface area contributed by atoms with E-state index in [0.717, 1.165) is 12.8 Å². The van der Waals surface area contributed by atoms with E-state index in [2.05, 4.69) is 24.5 Å². The van der Waals surface area contributed by atoms with Crippen molar-refractivity contribution in [2.45, 2.75) is 65.5 Å². The SMILES string of the molecule is CCC(C)(NCC(=O)NC(C)CCC(C)C)C(=O)O. The maximum atomic E-state index is 11.7. The smallest absolute Gasteiger partial charge is 0.323 e. The Labute approximate surface area is 116 Å². The molecule has 0 heterocycles. The average molecular weight is 272 g/mol. The highest BCUT2D eigenvalue weighted by atomic mass is 16.4. The van der Waals surface area contributed by atoms with Crippen LogP contribution >= 0.6 is 0 Å². The van der Waals surface area contributed by atoms with E-state index in [9.17, 15) is 9.59 Å². The predicted molar refractivity (Wildman–Crippen MR) is 76.0 cm³/mol. The molecule has 5 heteroatoms. The van der Waals surface area contributed by atoms with E-state index < -0.39 is 11.5 Å². The second-order valence-corrected chi connectivity index (χ2v) is 5.78. The molecule has 0 aliphatic carbocycles. The first-order valence-electron chi connectivity index (χ1n) is 6.99. The van der Waals surface area contributed by atoms with Gasteiger partial charge in [0, 0.05) is 6.04 Å². The van der Waals surface area contributed by atoms with Gasteiger partial charge >= 0.3 is 5.97 Å². The Bertz CT molecular complexity index is 305. The fourth-order valence-corrected chi connectivity index (χ4v) is 1.61. The standard InChI is InChI=1S/C14H28N2O3/c1-6-14(5,13(18)19)15-9-12(17)16-11(4)8-7-10(2)3/h10-11,15H,6-9H2,1-5H3,(H,16,17)(H,18,19). The highest BCUT2D eigenvalue weighted by Gasteiger charge is 2.30. The summed E-state index contributed by atoms with van der Waals surface area (Å²) in [7, 11) is 0. The van der Waals surface area contributed by atoms with Crippen molar-refractivity contribution in [2.75, 3.05) is 6.54 Å². The van der Waals surface area contributed by atoms with E-state index in [1.165, 1.54) is 0 Å². The zero-order valence-electron chi connectivity index (χ0n) is 12.7. The van der Waals surface area contributed by atoms with E-state index in [4.69, 9.17) is 5.11 Å². The van der Waals surface area contributed by atoms with Crippen LogP contribution in [-0.4, -0.2) is 35.1 Å². The number of carboxylic acid groups (broad SMARTS) is 1. The minimum absolute atomic E-state index is 0.0304. The number of hydrogen-bond donors (Lipinski definition) is 3. The van der Waals surface area contributed by atoms with Crippen LogP contribution in [0.1, 0.15) is 53.9 Å². The summed E-state index contributed by atoms with van der Waals surface area (Å²) < 4.78 is 0. The summed E-state index contributed by atoms with van der Waals surface area (Å²) in [6, 6.07) is 0.120. The Kier molecular flexibility index (Phi) is 7.68. The quantitative estimate of drug-likeness (QED) is 0.598. The Balaban J connectivity index is 4.08. The number of nitrogens with one attached hydrogen (secondary N) is 2. The number of aliphatic carboxylic acids is 1. The molecule has 0 bridgehead atoms. The lowest BCUT2D eigenvalue weighted by Crippen LogP contribution is -2.52. The van der Waals surface area contributed by atoms with Crippen LogP contribution in [0.5, 0.6) is 0 Å². The van der Waals surface area contributed by atoms with Crippen LogP contribution in [0.3, 0.4) is 0 Å². The van der Waals surface area contributed by atoms with Crippen LogP contribution in [0.2, 0.25) is 0 Å². The summed E-state index contributed by atoms with van der Waals surface area (Å²) in [4.78, 5) is 22.8. The third-order valence-electron chi connectivity index (χ3n) is 3.40. The topological polar surface area (TPSA) is 78.4 Å². The second kappa shape index (κ2) is 8.15. The van der Waals surface area contributed by atoms with Gasteiger partial charge in [-0.05, 0) is 39.0 Å². The first-order valence-corrected chi connectivity index (χ1v) is 6.99. The fraction of sp³-hybridized carbons (Fsp3) is 0.857. The van der Waals surface area contributed by atoms with Crippen molar-refractivity contribution in [1.82, 2.24) is 10.6 Å². The summed E-state index contributed by atoms with van der Waals surface area (Å²) >= 11 is 0. The van der Waals surface area contributed by atoms with E-state index in [1.54, 1.807) is 13.8 Å². The van der Waals surface area contributed by atoms with Gasteiger partial charge in [-0.25, -0.2) is 0 Å². The summed E-state index contributed by atoms with van der Waals surface area (Å²) in [5.74, 6) is -0.472. The number of amides is 1. The number of hydrogen-bond acceptors (Lipinski definition) is 3. The fourth-order valence-electron chi connectivity index (χ4n) is 1.61. The van der Waals surface area contributed by atoms with Gasteiger partial charge in [0.05, 0.1) is 6.54 Å². The number of carbonyl (C=O) groups is 2. The molecule has 0 aromatic heterocycles. The van der Waals surface area contributed by atoms with Gasteiger partial charge in [-0.1, -0.05) is 20.8 Å². The first-order chi connectivity index (χ1) is 8.71. The molecule has 0 radical (unpaired) electrons. The lowest BCUT2D eigenvalue weighted by atomic mass is 9.99. The molecule has 19 heavy (non-hydrogen) atoms. The molecule has 3 N–H and O–H groups in total. The lowest BCUT2D eigenvalue weighted by Gasteiger charge is -2.25. The van der Waals surface area contributed by atoms with Crippen LogP contribution < -0.4 is 10.6 Å². The average Bonchev–Trinajstić information content (AvgIpc) is 2.33. The van der Waals surface area contributed by atoms with Crippen molar-refractivity contribution < 1.29 is 14.7 Å². The van der Waals surface area contributed by atoms with Crippen molar-refractivity contribution >= 4 is 11.9 Å². The first kappa shape index (κ1) is 17.9. The van der Waals surface area contributed by atoms with Crippen LogP contribution in [0.15, 0.2) is 0 Å². The van der Waals surface area contributed by atoms with E-state index in [1.807, 2.05) is 6.92 Å². The summed E-state index contributed by atoms with van der Waals surface area (Å²) in [5, 5.41) is 14.8. The zero-order chi connectivity index (χ0) is 15.1. The molecule has 0 rings (SSSR count). The Hall–Kier alpha value is -1.10. The Morgan fingerprint density at radius 1 is 1.21 bits per heavy atom. The molecule has 5 nitrogen and oxygen atoms in total. The van der Waals surface area contributed by atoms with Crippen molar-refractivity contribution in [3.8, 4) is 0 Å². The molecular weight excluding hydrogens is 244 g/mol. The van der Waals surface area contributed by atoms with Crippen molar-refractivity contribution in [1.29, 1.82) is 0 Å². The number of rotatable bonds is 9. The van der Waals surface area contributed by atoms with Crippen molar-refractivity contribution in [2.24, 2.45) is 5.92 Å². The van der Waals surface area contributed by atoms with Gasteiger partial charge < -0.3 is 10.4 Å². The van der Waals surface area contributed by atoms with E-state index in [0.29, 0.717) is 12.3 Å². The third kappa shape index (κ3) is 7.15. The van der Waals surface area contributed by atoms with Crippen LogP contribution in [-0.2, 0) is 9.59 Å². The highest BCUT2D eigenvalue weighted by molar-refractivity contribution is 5.82. The summed E-state index contributed by atoms with van der Waals surface area (Å²) in [5.41, 5.74) is -1.04. The van der Waals surface area contributed by atoms with E-state index >= 15 is 0 Å². The summed E-state index contributed by atoms with van der Waals surface area (Å²) in [6.07, 6.45) is 2.43. The van der Waals surface area contributed by atoms with Gasteiger partial charge in [-0.15, -0.1) is 0 Å². The highest BCUT2D eigenvalue weighted by Crippen LogP contribution is 2.09. The van der Waals surface area contributed by atoms with E-state index in [-0.39, 0.29) is 18.5 Å². The maximum absolute atomic E-state index is 11.7. The van der Waals surface area contributed by atoms with Crippen LogP contribution in [0, 0.1) is 5.92 Å². The zero-order valence-corrected chi connectivity index (χ0v) is 12.7. The molecule has 0 aliphatic rings. The minimum atomic E-state index is -1.04. The lowest BCUT2D eigenvalue weighted by molar-refractivity contribution is -0.144. The molecule has 0 spiro atoms. The molecule has 0 aromatic rings. The van der Waals surface area contributed by atoms with Crippen molar-refractivity contribution in [3.63, 3.8) is 0 Å². The molecular formula is C14H28N2O3. The molecule has 112 valence electrons. The Morgan fingerprint density at radius 2 is 1.79 bits per heavy atom. The van der Waals surface area contributed by atoms with Crippen LogP contribution in [0.4, 0.5) is 0 Å². The minimum Gasteiger partial charge on any atom is -0.480 e. The van der Waals surface area contributed by atoms with Crippen molar-refractivity contribution in [3.05, 3.63) is 0 Å². The van der Waals surface area contributed by atoms with Gasteiger partial charge in [0.1, 0.15) is 5.54 Å². The monoisotopic (exact) mass is 272 g/mol. The molecule has 0 saturated carbocycles. The molecule has 0 aliphatic heterocycles. The maximum Gasteiger partial charge on any atom is 0.323 e. The van der Waals surface area contributed by atoms with Gasteiger partial charge in [0.15, 0.2) is 0 Å². The molecule has 1 amide bonds. The number of carboxylic acids is 1. The molecule has 0 fully saturated rings. The van der Waals surface area contributed by atoms with Gasteiger partial charge in [0.2, 0.25) is 5.91 Å².